The lowest BCUT2D eigenvalue weighted by Gasteiger charge is -2.06. The first-order valence-corrected chi connectivity index (χ1v) is 8.09. The van der Waals surface area contributed by atoms with Crippen molar-refractivity contribution in [3.05, 3.63) is 54.1 Å². The van der Waals surface area contributed by atoms with Gasteiger partial charge in [0.2, 0.25) is 5.13 Å². The zero-order valence-corrected chi connectivity index (χ0v) is 14.1. The van der Waals surface area contributed by atoms with E-state index < -0.39 is 0 Å². The third-order valence-corrected chi connectivity index (χ3v) is 4.24. The van der Waals surface area contributed by atoms with Crippen LogP contribution in [0, 0.1) is 6.92 Å². The number of carbonyl (C=O) groups excluding carboxylic acids is 1. The first-order chi connectivity index (χ1) is 11.7. The highest BCUT2D eigenvalue weighted by Gasteiger charge is 2.11. The Bertz CT molecular complexity index is 846. The third-order valence-electron chi connectivity index (χ3n) is 3.37. The van der Waals surface area contributed by atoms with Crippen molar-refractivity contribution in [2.24, 2.45) is 0 Å². The molecule has 0 bridgehead atoms. The van der Waals surface area contributed by atoms with Gasteiger partial charge in [-0.3, -0.25) is 5.32 Å². The van der Waals surface area contributed by atoms with Crippen LogP contribution in [-0.2, 0) is 0 Å². The van der Waals surface area contributed by atoms with Crippen molar-refractivity contribution in [2.75, 3.05) is 17.7 Å². The van der Waals surface area contributed by atoms with Crippen LogP contribution in [-0.4, -0.2) is 23.3 Å². The van der Waals surface area contributed by atoms with Gasteiger partial charge in [0.15, 0.2) is 0 Å². The minimum atomic E-state index is -0.368. The molecular weight excluding hydrogens is 324 g/mol. The largest absolute Gasteiger partial charge is 0.497 e. The summed E-state index contributed by atoms with van der Waals surface area (Å²) in [4.78, 5) is 12.0. The number of nitrogens with zero attached hydrogens (tertiary/aromatic N) is 2. The first-order valence-electron chi connectivity index (χ1n) is 7.27. The van der Waals surface area contributed by atoms with Crippen molar-refractivity contribution in [2.45, 2.75) is 6.92 Å². The van der Waals surface area contributed by atoms with Crippen molar-refractivity contribution in [1.82, 2.24) is 10.2 Å². The minimum Gasteiger partial charge on any atom is -0.497 e. The fourth-order valence-electron chi connectivity index (χ4n) is 2.13. The van der Waals surface area contributed by atoms with E-state index in [1.165, 1.54) is 11.3 Å². The molecule has 0 aliphatic rings. The monoisotopic (exact) mass is 340 g/mol. The molecule has 0 aliphatic heterocycles. The first kappa shape index (κ1) is 15.9. The van der Waals surface area contributed by atoms with Gasteiger partial charge in [0, 0.05) is 11.3 Å². The second-order valence-electron chi connectivity index (χ2n) is 5.03. The Morgan fingerprint density at radius 3 is 2.50 bits per heavy atom. The molecule has 122 valence electrons. The zero-order valence-electron chi connectivity index (χ0n) is 13.2. The Morgan fingerprint density at radius 1 is 1.04 bits per heavy atom. The molecule has 24 heavy (non-hydrogen) atoms. The zero-order chi connectivity index (χ0) is 16.9. The van der Waals surface area contributed by atoms with Crippen molar-refractivity contribution in [3.8, 4) is 16.3 Å². The van der Waals surface area contributed by atoms with Gasteiger partial charge in [-0.1, -0.05) is 35.6 Å². The molecule has 0 saturated carbocycles. The van der Waals surface area contributed by atoms with Gasteiger partial charge < -0.3 is 10.1 Å². The highest BCUT2D eigenvalue weighted by Crippen LogP contribution is 2.28. The Morgan fingerprint density at radius 2 is 1.79 bits per heavy atom. The molecule has 0 unspecified atom stereocenters. The topological polar surface area (TPSA) is 76.1 Å². The number of methoxy groups -OCH3 is 1. The third kappa shape index (κ3) is 3.69. The number of hydrogen-bond acceptors (Lipinski definition) is 5. The average molecular weight is 340 g/mol. The van der Waals surface area contributed by atoms with Crippen LogP contribution in [0.2, 0.25) is 0 Å². The second kappa shape index (κ2) is 7.10. The van der Waals surface area contributed by atoms with Crippen molar-refractivity contribution in [1.29, 1.82) is 0 Å². The van der Waals surface area contributed by atoms with Gasteiger partial charge in [0.25, 0.3) is 0 Å². The summed E-state index contributed by atoms with van der Waals surface area (Å²) >= 11 is 1.33. The molecule has 0 spiro atoms. The van der Waals surface area contributed by atoms with Gasteiger partial charge >= 0.3 is 6.03 Å². The lowest BCUT2D eigenvalue weighted by molar-refractivity contribution is 0.262. The number of nitrogens with one attached hydrogen (secondary N) is 2. The molecule has 0 saturated heterocycles. The van der Waals surface area contributed by atoms with Crippen LogP contribution in [0.4, 0.5) is 15.6 Å². The van der Waals surface area contributed by atoms with Crippen molar-refractivity contribution in [3.63, 3.8) is 0 Å². The molecule has 2 aromatic carbocycles. The molecule has 6 nitrogen and oxygen atoms in total. The van der Waals surface area contributed by atoms with Gasteiger partial charge in [0.05, 0.1) is 7.11 Å². The average Bonchev–Trinajstić information content (AvgIpc) is 3.04. The van der Waals surface area contributed by atoms with Crippen LogP contribution in [0.25, 0.3) is 10.6 Å². The maximum atomic E-state index is 12.0. The van der Waals surface area contributed by atoms with Crippen LogP contribution in [0.5, 0.6) is 5.75 Å². The standard InChI is InChI=1S/C17H16N4O2S/c1-11-5-3-4-6-14(11)15-20-21-17(24-15)19-16(22)18-12-7-9-13(23-2)10-8-12/h3-10H,1-2H3,(H2,18,19,21,22). The van der Waals surface area contributed by atoms with Gasteiger partial charge in [-0.05, 0) is 36.8 Å². The van der Waals surface area contributed by atoms with Gasteiger partial charge in [-0.15, -0.1) is 10.2 Å². The van der Waals surface area contributed by atoms with E-state index in [0.717, 1.165) is 21.9 Å². The Hall–Kier alpha value is -2.93. The maximum Gasteiger partial charge on any atom is 0.325 e. The molecule has 2 amide bonds. The van der Waals surface area contributed by atoms with Crippen molar-refractivity contribution >= 4 is 28.2 Å². The van der Waals surface area contributed by atoms with E-state index in [-0.39, 0.29) is 6.03 Å². The number of benzene rings is 2. The number of rotatable bonds is 4. The lowest BCUT2D eigenvalue weighted by Crippen LogP contribution is -2.19. The minimum absolute atomic E-state index is 0.368. The Labute approximate surface area is 143 Å². The van der Waals surface area contributed by atoms with E-state index >= 15 is 0 Å². The number of urea groups is 1. The van der Waals surface area contributed by atoms with E-state index in [1.807, 2.05) is 31.2 Å². The summed E-state index contributed by atoms with van der Waals surface area (Å²) in [5.41, 5.74) is 2.79. The fourth-order valence-corrected chi connectivity index (χ4v) is 2.96. The molecule has 0 radical (unpaired) electrons. The molecule has 0 aliphatic carbocycles. The molecule has 3 rings (SSSR count). The van der Waals surface area contributed by atoms with Gasteiger partial charge in [-0.25, -0.2) is 4.79 Å². The van der Waals surface area contributed by atoms with Crippen LogP contribution < -0.4 is 15.4 Å². The number of hydrogen-bond donors (Lipinski definition) is 2. The number of aryl methyl sites for hydroxylation is 1. The molecular formula is C17H16N4O2S. The van der Waals surface area contributed by atoms with Crippen LogP contribution >= 0.6 is 11.3 Å². The summed E-state index contributed by atoms with van der Waals surface area (Å²) in [5, 5.41) is 14.8. The van der Waals surface area contributed by atoms with E-state index in [2.05, 4.69) is 20.8 Å². The van der Waals surface area contributed by atoms with E-state index in [9.17, 15) is 4.79 Å². The highest BCUT2D eigenvalue weighted by atomic mass is 32.1. The summed E-state index contributed by atoms with van der Waals surface area (Å²) in [7, 11) is 1.59. The predicted octanol–water partition coefficient (Wildman–Crippen LogP) is 4.17. The number of aromatic nitrogens is 2. The van der Waals surface area contributed by atoms with Crippen molar-refractivity contribution < 1.29 is 9.53 Å². The molecule has 0 fully saturated rings. The second-order valence-corrected chi connectivity index (χ2v) is 6.01. The lowest BCUT2D eigenvalue weighted by atomic mass is 10.1. The van der Waals surface area contributed by atoms with E-state index in [0.29, 0.717) is 10.8 Å². The van der Waals surface area contributed by atoms with Gasteiger partial charge in [-0.2, -0.15) is 0 Å². The quantitative estimate of drug-likeness (QED) is 0.747. The van der Waals surface area contributed by atoms with Crippen LogP contribution in [0.1, 0.15) is 5.56 Å². The van der Waals surface area contributed by atoms with E-state index in [4.69, 9.17) is 4.74 Å². The van der Waals surface area contributed by atoms with Crippen LogP contribution in [0.3, 0.4) is 0 Å². The number of anilines is 2. The maximum absolute atomic E-state index is 12.0. The summed E-state index contributed by atoms with van der Waals surface area (Å²) in [6.07, 6.45) is 0. The summed E-state index contributed by atoms with van der Waals surface area (Å²) in [6, 6.07) is 14.6. The molecule has 1 aromatic heterocycles. The molecule has 3 aromatic rings. The van der Waals surface area contributed by atoms with E-state index in [1.54, 1.807) is 31.4 Å². The number of ether oxygens (including phenoxy) is 1. The summed E-state index contributed by atoms with van der Waals surface area (Å²) in [6.45, 7) is 2.01. The van der Waals surface area contributed by atoms with Crippen LogP contribution in [0.15, 0.2) is 48.5 Å². The molecule has 7 heteroatoms. The highest BCUT2D eigenvalue weighted by molar-refractivity contribution is 7.18. The Balaban J connectivity index is 1.66. The fraction of sp³-hybridized carbons (Fsp3) is 0.118. The number of carbonyl (C=O) groups is 1. The summed E-state index contributed by atoms with van der Waals surface area (Å²) in [5.74, 6) is 0.730. The number of amides is 2. The summed E-state index contributed by atoms with van der Waals surface area (Å²) < 4.78 is 5.08. The van der Waals surface area contributed by atoms with Gasteiger partial charge in [0.1, 0.15) is 10.8 Å². The molecule has 1 heterocycles. The SMILES string of the molecule is COc1ccc(NC(=O)Nc2nnc(-c3ccccc3C)s2)cc1. The Kier molecular flexibility index (Phi) is 4.72. The molecule has 0 atom stereocenters. The smallest absolute Gasteiger partial charge is 0.325 e. The normalized spacial score (nSPS) is 10.2. The molecule has 2 N–H and O–H groups in total. The predicted molar refractivity (Wildman–Crippen MR) is 95.7 cm³/mol.